The average Bonchev–Trinajstić information content (AvgIpc) is 2.27. The molecular formula is C12H24N2O2. The predicted octanol–water partition coefficient (Wildman–Crippen LogP) is 1.41. The zero-order valence-corrected chi connectivity index (χ0v) is 10.9. The summed E-state index contributed by atoms with van der Waals surface area (Å²) in [6.07, 6.45) is 1.08. The molecule has 0 aromatic carbocycles. The molecule has 0 aromatic rings. The van der Waals surface area contributed by atoms with Crippen molar-refractivity contribution in [2.45, 2.75) is 40.5 Å². The van der Waals surface area contributed by atoms with Gasteiger partial charge in [0.15, 0.2) is 0 Å². The maximum atomic E-state index is 11.7. The monoisotopic (exact) mass is 228 g/mol. The molecule has 4 heteroatoms. The van der Waals surface area contributed by atoms with Crippen LogP contribution in [-0.2, 0) is 9.59 Å². The average molecular weight is 228 g/mol. The Labute approximate surface area is 98.4 Å². The lowest BCUT2D eigenvalue weighted by Gasteiger charge is -2.19. The zero-order valence-electron chi connectivity index (χ0n) is 10.9. The van der Waals surface area contributed by atoms with Crippen molar-refractivity contribution in [2.24, 2.45) is 5.92 Å². The van der Waals surface area contributed by atoms with Crippen LogP contribution in [0.15, 0.2) is 0 Å². The first-order valence-corrected chi connectivity index (χ1v) is 6.12. The van der Waals surface area contributed by atoms with E-state index in [-0.39, 0.29) is 17.7 Å². The first-order valence-electron chi connectivity index (χ1n) is 6.12. The minimum Gasteiger partial charge on any atom is -0.356 e. The van der Waals surface area contributed by atoms with Crippen molar-refractivity contribution in [1.29, 1.82) is 0 Å². The molecule has 0 saturated heterocycles. The molecule has 0 rings (SSSR count). The lowest BCUT2D eigenvalue weighted by atomic mass is 10.0. The van der Waals surface area contributed by atoms with Crippen LogP contribution in [-0.4, -0.2) is 36.3 Å². The number of carbonyl (C=O) groups excluding carboxylic acids is 2. The van der Waals surface area contributed by atoms with Gasteiger partial charge in [-0.3, -0.25) is 9.59 Å². The molecule has 1 atom stereocenters. The van der Waals surface area contributed by atoms with Crippen molar-refractivity contribution in [1.82, 2.24) is 10.2 Å². The van der Waals surface area contributed by atoms with Gasteiger partial charge in [-0.25, -0.2) is 0 Å². The topological polar surface area (TPSA) is 49.4 Å². The van der Waals surface area contributed by atoms with Gasteiger partial charge < -0.3 is 10.2 Å². The zero-order chi connectivity index (χ0) is 12.6. The Morgan fingerprint density at radius 1 is 1.19 bits per heavy atom. The van der Waals surface area contributed by atoms with Crippen molar-refractivity contribution in [3.05, 3.63) is 0 Å². The minimum atomic E-state index is -0.0838. The second-order valence-electron chi connectivity index (χ2n) is 3.90. The summed E-state index contributed by atoms with van der Waals surface area (Å²) >= 11 is 0. The van der Waals surface area contributed by atoms with Crippen molar-refractivity contribution in [3.63, 3.8) is 0 Å². The van der Waals surface area contributed by atoms with E-state index in [2.05, 4.69) is 5.32 Å². The second-order valence-corrected chi connectivity index (χ2v) is 3.90. The van der Waals surface area contributed by atoms with Crippen LogP contribution in [0.4, 0.5) is 0 Å². The van der Waals surface area contributed by atoms with Crippen LogP contribution < -0.4 is 5.32 Å². The first-order chi connectivity index (χ1) is 7.56. The van der Waals surface area contributed by atoms with Gasteiger partial charge in [0.2, 0.25) is 11.8 Å². The smallest absolute Gasteiger partial charge is 0.222 e. The Morgan fingerprint density at radius 3 is 2.19 bits per heavy atom. The third-order valence-electron chi connectivity index (χ3n) is 2.71. The molecule has 0 saturated carbocycles. The van der Waals surface area contributed by atoms with Gasteiger partial charge >= 0.3 is 0 Å². The molecule has 4 nitrogen and oxygen atoms in total. The molecular weight excluding hydrogens is 204 g/mol. The summed E-state index contributed by atoms with van der Waals surface area (Å²) < 4.78 is 0. The van der Waals surface area contributed by atoms with Gasteiger partial charge in [0, 0.05) is 32.0 Å². The lowest BCUT2D eigenvalue weighted by Crippen LogP contribution is -2.32. The summed E-state index contributed by atoms with van der Waals surface area (Å²) in [4.78, 5) is 24.9. The number of hydrogen-bond donors (Lipinski definition) is 1. The lowest BCUT2D eigenvalue weighted by molar-refractivity contribution is -0.131. The molecule has 16 heavy (non-hydrogen) atoms. The van der Waals surface area contributed by atoms with Gasteiger partial charge in [-0.15, -0.1) is 0 Å². The van der Waals surface area contributed by atoms with E-state index in [1.165, 1.54) is 0 Å². The molecule has 2 amide bonds. The first kappa shape index (κ1) is 14.9. The molecule has 0 heterocycles. The summed E-state index contributed by atoms with van der Waals surface area (Å²) in [5, 5.41) is 2.76. The van der Waals surface area contributed by atoms with Crippen LogP contribution in [0, 0.1) is 5.92 Å². The van der Waals surface area contributed by atoms with Crippen LogP contribution in [0.5, 0.6) is 0 Å². The van der Waals surface area contributed by atoms with E-state index >= 15 is 0 Å². The second kappa shape index (κ2) is 8.13. The van der Waals surface area contributed by atoms with Gasteiger partial charge in [0.05, 0.1) is 0 Å². The molecule has 94 valence electrons. The van der Waals surface area contributed by atoms with Gasteiger partial charge in [-0.05, 0) is 27.2 Å². The maximum Gasteiger partial charge on any atom is 0.222 e. The highest BCUT2D eigenvalue weighted by Gasteiger charge is 2.15. The standard InChI is InChI=1S/C12H24N2O2/c1-5-13-12(16)10(4)8-9-11(15)14(6-2)7-3/h10H,5-9H2,1-4H3,(H,13,16). The van der Waals surface area contributed by atoms with Gasteiger partial charge in [-0.2, -0.15) is 0 Å². The van der Waals surface area contributed by atoms with Crippen molar-refractivity contribution < 1.29 is 9.59 Å². The summed E-state index contributed by atoms with van der Waals surface area (Å²) in [7, 11) is 0. The maximum absolute atomic E-state index is 11.7. The van der Waals surface area contributed by atoms with E-state index in [1.54, 1.807) is 4.90 Å². The fourth-order valence-corrected chi connectivity index (χ4v) is 1.55. The van der Waals surface area contributed by atoms with Gasteiger partial charge in [0.25, 0.3) is 0 Å². The van der Waals surface area contributed by atoms with Crippen LogP contribution >= 0.6 is 0 Å². The number of amides is 2. The highest BCUT2D eigenvalue weighted by molar-refractivity contribution is 5.80. The number of nitrogens with zero attached hydrogens (tertiary/aromatic N) is 1. The summed E-state index contributed by atoms with van der Waals surface area (Å²) in [6.45, 7) is 9.82. The van der Waals surface area contributed by atoms with Crippen LogP contribution in [0.3, 0.4) is 0 Å². The Kier molecular flexibility index (Phi) is 7.60. The third kappa shape index (κ3) is 5.14. The van der Waals surface area contributed by atoms with Crippen LogP contribution in [0.25, 0.3) is 0 Å². The van der Waals surface area contributed by atoms with Crippen molar-refractivity contribution in [2.75, 3.05) is 19.6 Å². The van der Waals surface area contributed by atoms with Crippen LogP contribution in [0.1, 0.15) is 40.5 Å². The Morgan fingerprint density at radius 2 is 1.75 bits per heavy atom. The Balaban J connectivity index is 3.95. The largest absolute Gasteiger partial charge is 0.356 e. The Bertz CT molecular complexity index is 225. The summed E-state index contributed by atoms with van der Waals surface area (Å²) in [6, 6.07) is 0. The van der Waals surface area contributed by atoms with E-state index in [1.807, 2.05) is 27.7 Å². The summed E-state index contributed by atoms with van der Waals surface area (Å²) in [5.74, 6) is 0.0930. The molecule has 0 aliphatic carbocycles. The molecule has 1 N–H and O–H groups in total. The van der Waals surface area contributed by atoms with Crippen LogP contribution in [0.2, 0.25) is 0 Å². The third-order valence-corrected chi connectivity index (χ3v) is 2.71. The fourth-order valence-electron chi connectivity index (χ4n) is 1.55. The molecule has 0 aliphatic heterocycles. The fraction of sp³-hybridized carbons (Fsp3) is 0.833. The highest BCUT2D eigenvalue weighted by Crippen LogP contribution is 2.07. The van der Waals surface area contributed by atoms with E-state index < -0.39 is 0 Å². The van der Waals surface area contributed by atoms with E-state index in [9.17, 15) is 9.59 Å². The summed E-state index contributed by atoms with van der Waals surface area (Å²) in [5.41, 5.74) is 0. The molecule has 0 radical (unpaired) electrons. The number of nitrogens with one attached hydrogen (secondary N) is 1. The Hall–Kier alpha value is -1.06. The quantitative estimate of drug-likeness (QED) is 0.716. The van der Waals surface area contributed by atoms with E-state index in [0.717, 1.165) is 13.1 Å². The molecule has 0 fully saturated rings. The number of hydrogen-bond acceptors (Lipinski definition) is 2. The SMILES string of the molecule is CCNC(=O)C(C)CCC(=O)N(CC)CC. The molecule has 0 spiro atoms. The van der Waals surface area contributed by atoms with Gasteiger partial charge in [-0.1, -0.05) is 6.92 Å². The molecule has 0 aliphatic rings. The molecule has 0 bridgehead atoms. The van der Waals surface area contributed by atoms with E-state index in [4.69, 9.17) is 0 Å². The highest BCUT2D eigenvalue weighted by atomic mass is 16.2. The number of rotatable bonds is 7. The predicted molar refractivity (Wildman–Crippen MR) is 65.0 cm³/mol. The molecule has 1 unspecified atom stereocenters. The normalized spacial score (nSPS) is 12.0. The molecule has 0 aromatic heterocycles. The van der Waals surface area contributed by atoms with Gasteiger partial charge in [0.1, 0.15) is 0 Å². The van der Waals surface area contributed by atoms with Crippen molar-refractivity contribution >= 4 is 11.8 Å². The number of carbonyl (C=O) groups is 2. The minimum absolute atomic E-state index is 0.0369. The van der Waals surface area contributed by atoms with Crippen molar-refractivity contribution in [3.8, 4) is 0 Å². The van der Waals surface area contributed by atoms with E-state index in [0.29, 0.717) is 19.4 Å².